The highest BCUT2D eigenvalue weighted by molar-refractivity contribution is 7.89. The number of hydrogen-bond acceptors (Lipinski definition) is 7. The number of ether oxygens (including phenoxy) is 2. The van der Waals surface area contributed by atoms with Gasteiger partial charge in [0.05, 0.1) is 30.2 Å². The number of methoxy groups -OCH3 is 2. The predicted molar refractivity (Wildman–Crippen MR) is 85.0 cm³/mol. The first-order valence-corrected chi connectivity index (χ1v) is 8.80. The summed E-state index contributed by atoms with van der Waals surface area (Å²) in [6, 6.07) is 3.72. The zero-order valence-electron chi connectivity index (χ0n) is 13.5. The van der Waals surface area contributed by atoms with E-state index in [1.54, 1.807) is 0 Å². The Bertz CT molecular complexity index is 746. The predicted octanol–water partition coefficient (Wildman–Crippen LogP) is 0.229. The summed E-state index contributed by atoms with van der Waals surface area (Å²) in [5, 5.41) is 0. The Morgan fingerprint density at radius 3 is 2.46 bits per heavy atom. The summed E-state index contributed by atoms with van der Waals surface area (Å²) in [6.45, 7) is 0.979. The molecule has 1 aliphatic rings. The van der Waals surface area contributed by atoms with Crippen LogP contribution in [0.1, 0.15) is 27.1 Å². The highest BCUT2D eigenvalue weighted by Gasteiger charge is 2.35. The molecule has 24 heavy (non-hydrogen) atoms. The van der Waals surface area contributed by atoms with E-state index in [1.165, 1.54) is 23.5 Å². The lowest BCUT2D eigenvalue weighted by molar-refractivity contribution is 0.0583. The fourth-order valence-electron chi connectivity index (χ4n) is 2.61. The molecule has 1 aromatic rings. The van der Waals surface area contributed by atoms with Crippen molar-refractivity contribution in [2.45, 2.75) is 11.3 Å². The summed E-state index contributed by atoms with van der Waals surface area (Å²) in [6.07, 6.45) is 0.653. The van der Waals surface area contributed by atoms with Gasteiger partial charge in [-0.2, -0.15) is 4.31 Å². The quantitative estimate of drug-likeness (QED) is 0.751. The van der Waals surface area contributed by atoms with Crippen molar-refractivity contribution in [1.82, 2.24) is 4.31 Å². The van der Waals surface area contributed by atoms with E-state index in [1.807, 2.05) is 0 Å². The first kappa shape index (κ1) is 18.4. The summed E-state index contributed by atoms with van der Waals surface area (Å²) in [7, 11) is -1.61. The monoisotopic (exact) mass is 356 g/mol. The van der Waals surface area contributed by atoms with Crippen LogP contribution in [0.4, 0.5) is 0 Å². The number of rotatable bonds is 5. The Morgan fingerprint density at radius 2 is 1.92 bits per heavy atom. The summed E-state index contributed by atoms with van der Waals surface area (Å²) in [4.78, 5) is 23.4. The van der Waals surface area contributed by atoms with Gasteiger partial charge in [0.15, 0.2) is 0 Å². The second kappa shape index (κ2) is 7.29. The minimum Gasteiger partial charge on any atom is -0.465 e. The number of carbonyl (C=O) groups excluding carboxylic acids is 2. The molecule has 2 N–H and O–H groups in total. The van der Waals surface area contributed by atoms with Crippen LogP contribution in [0.5, 0.6) is 0 Å². The highest BCUT2D eigenvalue weighted by atomic mass is 32.2. The van der Waals surface area contributed by atoms with E-state index in [0.29, 0.717) is 19.5 Å². The van der Waals surface area contributed by atoms with Crippen LogP contribution in [0.2, 0.25) is 0 Å². The molecule has 132 valence electrons. The molecule has 0 aromatic heterocycles. The molecule has 0 spiro atoms. The first-order chi connectivity index (χ1) is 11.3. The Morgan fingerprint density at radius 1 is 1.25 bits per heavy atom. The molecule has 2 rings (SSSR count). The third-order valence-corrected chi connectivity index (χ3v) is 5.91. The normalized spacial score (nSPS) is 18.4. The van der Waals surface area contributed by atoms with Crippen LogP contribution in [-0.2, 0) is 19.5 Å². The Labute approximate surface area is 140 Å². The molecular formula is C15H20N2O6S. The van der Waals surface area contributed by atoms with Gasteiger partial charge in [-0.1, -0.05) is 0 Å². The largest absolute Gasteiger partial charge is 0.465 e. The van der Waals surface area contributed by atoms with E-state index in [0.717, 1.165) is 13.2 Å². The molecule has 0 amide bonds. The molecule has 1 atom stereocenters. The van der Waals surface area contributed by atoms with E-state index in [2.05, 4.69) is 9.47 Å². The molecule has 0 aliphatic carbocycles. The van der Waals surface area contributed by atoms with Gasteiger partial charge in [0, 0.05) is 13.1 Å². The molecule has 1 aliphatic heterocycles. The fraction of sp³-hybridized carbons (Fsp3) is 0.467. The Hall–Kier alpha value is -1.97. The minimum atomic E-state index is -3.96. The number of sulfonamides is 1. The second-order valence-electron chi connectivity index (χ2n) is 5.45. The lowest BCUT2D eigenvalue weighted by atomic mass is 10.1. The van der Waals surface area contributed by atoms with Crippen LogP contribution in [0.3, 0.4) is 0 Å². The summed E-state index contributed by atoms with van der Waals surface area (Å²) >= 11 is 0. The Balaban J connectivity index is 2.52. The smallest absolute Gasteiger partial charge is 0.339 e. The van der Waals surface area contributed by atoms with E-state index in [9.17, 15) is 18.0 Å². The van der Waals surface area contributed by atoms with Crippen LogP contribution in [0, 0.1) is 5.92 Å². The maximum absolute atomic E-state index is 12.9. The van der Waals surface area contributed by atoms with E-state index < -0.39 is 22.0 Å². The maximum atomic E-state index is 12.9. The van der Waals surface area contributed by atoms with Crippen molar-refractivity contribution in [2.75, 3.05) is 33.9 Å². The van der Waals surface area contributed by atoms with Gasteiger partial charge in [-0.3, -0.25) is 0 Å². The van der Waals surface area contributed by atoms with Crippen molar-refractivity contribution in [3.63, 3.8) is 0 Å². The first-order valence-electron chi connectivity index (χ1n) is 7.36. The van der Waals surface area contributed by atoms with E-state index in [4.69, 9.17) is 5.73 Å². The molecule has 1 unspecified atom stereocenters. The van der Waals surface area contributed by atoms with Crippen molar-refractivity contribution >= 4 is 22.0 Å². The lowest BCUT2D eigenvalue weighted by Crippen LogP contribution is -2.31. The lowest BCUT2D eigenvalue weighted by Gasteiger charge is -2.18. The molecular weight excluding hydrogens is 336 g/mol. The average Bonchev–Trinajstić information content (AvgIpc) is 3.09. The molecule has 9 heteroatoms. The van der Waals surface area contributed by atoms with Gasteiger partial charge < -0.3 is 15.2 Å². The summed E-state index contributed by atoms with van der Waals surface area (Å²) in [5.41, 5.74) is 5.52. The zero-order valence-corrected chi connectivity index (χ0v) is 14.3. The molecule has 1 saturated heterocycles. The third kappa shape index (κ3) is 3.42. The van der Waals surface area contributed by atoms with Crippen molar-refractivity contribution < 1.29 is 27.5 Å². The van der Waals surface area contributed by atoms with Gasteiger partial charge in [0.25, 0.3) is 0 Å². The number of nitrogens with two attached hydrogens (primary N) is 1. The van der Waals surface area contributed by atoms with Crippen LogP contribution < -0.4 is 5.73 Å². The van der Waals surface area contributed by atoms with Gasteiger partial charge >= 0.3 is 11.9 Å². The van der Waals surface area contributed by atoms with Crippen LogP contribution >= 0.6 is 0 Å². The van der Waals surface area contributed by atoms with E-state index >= 15 is 0 Å². The molecule has 1 heterocycles. The zero-order chi connectivity index (χ0) is 17.9. The molecule has 8 nitrogen and oxygen atoms in total. The van der Waals surface area contributed by atoms with Crippen LogP contribution in [0.25, 0.3) is 0 Å². The van der Waals surface area contributed by atoms with Gasteiger partial charge in [0.1, 0.15) is 0 Å². The average molecular weight is 356 g/mol. The molecule has 1 aromatic carbocycles. The Kier molecular flexibility index (Phi) is 5.58. The molecule has 0 bridgehead atoms. The fourth-order valence-corrected chi connectivity index (χ4v) is 4.34. The van der Waals surface area contributed by atoms with Crippen molar-refractivity contribution in [3.8, 4) is 0 Å². The van der Waals surface area contributed by atoms with Crippen molar-refractivity contribution in [1.29, 1.82) is 0 Å². The highest BCUT2D eigenvalue weighted by Crippen LogP contribution is 2.27. The molecule has 1 fully saturated rings. The SMILES string of the molecule is COC(=O)c1ccc(C(=O)OC)c(S(=O)(=O)N2CCC(CN)C2)c1. The van der Waals surface area contributed by atoms with Crippen LogP contribution in [-0.4, -0.2) is 58.5 Å². The maximum Gasteiger partial charge on any atom is 0.339 e. The number of nitrogens with zero attached hydrogens (tertiary/aromatic N) is 1. The van der Waals surface area contributed by atoms with Gasteiger partial charge in [-0.05, 0) is 37.1 Å². The van der Waals surface area contributed by atoms with Crippen molar-refractivity contribution in [2.24, 2.45) is 11.7 Å². The number of benzene rings is 1. The topological polar surface area (TPSA) is 116 Å². The van der Waals surface area contributed by atoms with Crippen LogP contribution in [0.15, 0.2) is 23.1 Å². The summed E-state index contributed by atoms with van der Waals surface area (Å²) < 4.78 is 36.4. The van der Waals surface area contributed by atoms with Gasteiger partial charge in [0.2, 0.25) is 10.0 Å². The second-order valence-corrected chi connectivity index (χ2v) is 7.35. The number of hydrogen-bond donors (Lipinski definition) is 1. The minimum absolute atomic E-state index is 0.0401. The van der Waals surface area contributed by atoms with Gasteiger partial charge in [-0.15, -0.1) is 0 Å². The number of esters is 2. The molecule has 0 radical (unpaired) electrons. The molecule has 0 saturated carbocycles. The standard InChI is InChI=1S/C15H20N2O6S/c1-22-14(18)11-3-4-12(15(19)23-2)13(7-11)24(20,21)17-6-5-10(8-16)9-17/h3-4,7,10H,5-6,8-9,16H2,1-2H3. The number of carbonyl (C=O) groups is 2. The van der Waals surface area contributed by atoms with Crippen molar-refractivity contribution in [3.05, 3.63) is 29.3 Å². The third-order valence-electron chi connectivity index (χ3n) is 4.01. The van der Waals surface area contributed by atoms with E-state index in [-0.39, 0.29) is 28.5 Å². The summed E-state index contributed by atoms with van der Waals surface area (Å²) in [5.74, 6) is -1.41. The van der Waals surface area contributed by atoms with Gasteiger partial charge in [-0.25, -0.2) is 18.0 Å².